The van der Waals surface area contributed by atoms with Crippen LogP contribution >= 0.6 is 95.6 Å². The van der Waals surface area contributed by atoms with Crippen LogP contribution in [0.15, 0.2) is 91.0 Å². The van der Waals surface area contributed by atoms with Crippen molar-refractivity contribution in [2.45, 2.75) is 11.2 Å². The molecule has 168 valence electrons. The Morgan fingerprint density at radius 1 is 0.364 bits per heavy atom. The average molecular weight is 822 g/mol. The van der Waals surface area contributed by atoms with Gasteiger partial charge in [0, 0.05) is 0 Å². The van der Waals surface area contributed by atoms with E-state index in [1.54, 1.807) is 0 Å². The summed E-state index contributed by atoms with van der Waals surface area (Å²) in [6.45, 7) is 0. The fourth-order valence-corrected chi connectivity index (χ4v) is 6.34. The van der Waals surface area contributed by atoms with Crippen molar-refractivity contribution in [2.24, 2.45) is 0 Å². The van der Waals surface area contributed by atoms with E-state index in [0.717, 1.165) is 0 Å². The van der Waals surface area contributed by atoms with Gasteiger partial charge in [-0.15, -0.1) is 0 Å². The number of hydrogen-bond acceptors (Lipinski definition) is 0. The maximum Gasteiger partial charge on any atom is 0.0952 e. The van der Waals surface area contributed by atoms with Crippen LogP contribution in [0.2, 0.25) is 0 Å². The Kier molecular flexibility index (Phi) is 9.13. The lowest BCUT2D eigenvalue weighted by Gasteiger charge is -2.18. The first-order chi connectivity index (χ1) is 15.9. The lowest BCUT2D eigenvalue weighted by molar-refractivity contribution is 1.39. The minimum Gasteiger partial charge on any atom is -0.0712 e. The second-order valence-corrected chi connectivity index (χ2v) is 16.6. The summed E-state index contributed by atoms with van der Waals surface area (Å²) in [6, 6.07) is 32.4. The Morgan fingerprint density at radius 3 is 0.848 bits per heavy atom. The standard InChI is InChI=1S/C27H18Br6/c28-25(29)22-10-4-1-7-19(22)16-13-17(20-8-2-5-11-23(20)26(30)31)15-18(14-16)21-9-3-6-12-24(21)27(32)33/h1-15,25-27H. The second kappa shape index (κ2) is 11.7. The molecule has 0 amide bonds. The van der Waals surface area contributed by atoms with E-state index in [1.807, 2.05) is 0 Å². The number of alkyl halides is 6. The monoisotopic (exact) mass is 816 g/mol. The van der Waals surface area contributed by atoms with Gasteiger partial charge in [0.15, 0.2) is 0 Å². The minimum absolute atomic E-state index is 0.0665. The molecule has 4 aromatic rings. The maximum atomic E-state index is 3.71. The molecule has 0 heterocycles. The van der Waals surface area contributed by atoms with Gasteiger partial charge in [-0.1, -0.05) is 168 Å². The number of benzene rings is 4. The summed E-state index contributed by atoms with van der Waals surface area (Å²) in [5, 5.41) is 0. The van der Waals surface area contributed by atoms with Gasteiger partial charge >= 0.3 is 0 Å². The van der Waals surface area contributed by atoms with Crippen LogP contribution in [-0.2, 0) is 0 Å². The van der Waals surface area contributed by atoms with Crippen molar-refractivity contribution in [2.75, 3.05) is 0 Å². The predicted molar refractivity (Wildman–Crippen MR) is 165 cm³/mol. The quantitative estimate of drug-likeness (QED) is 0.170. The molecule has 0 aliphatic rings. The van der Waals surface area contributed by atoms with Crippen molar-refractivity contribution >= 4 is 95.6 Å². The number of halogens is 6. The van der Waals surface area contributed by atoms with Gasteiger partial charge in [0.2, 0.25) is 0 Å². The van der Waals surface area contributed by atoms with Gasteiger partial charge < -0.3 is 0 Å². The summed E-state index contributed by atoms with van der Waals surface area (Å²) in [5.74, 6) is 0. The van der Waals surface area contributed by atoms with Crippen LogP contribution in [0.1, 0.15) is 27.9 Å². The molecule has 0 aliphatic carbocycles. The topological polar surface area (TPSA) is 0 Å². The van der Waals surface area contributed by atoms with Crippen molar-refractivity contribution in [1.82, 2.24) is 0 Å². The van der Waals surface area contributed by atoms with Gasteiger partial charge in [0.25, 0.3) is 0 Å². The van der Waals surface area contributed by atoms with Crippen molar-refractivity contribution in [3.8, 4) is 33.4 Å². The summed E-state index contributed by atoms with van der Waals surface area (Å²) < 4.78 is 0.199. The summed E-state index contributed by atoms with van der Waals surface area (Å²) >= 11 is 22.3. The van der Waals surface area contributed by atoms with Crippen LogP contribution in [0.5, 0.6) is 0 Å². The molecule has 0 aliphatic heterocycles. The molecule has 0 N–H and O–H groups in total. The first-order valence-electron chi connectivity index (χ1n) is 10.1. The first kappa shape index (κ1) is 25.8. The highest BCUT2D eigenvalue weighted by Gasteiger charge is 2.17. The molecule has 0 spiro atoms. The molecule has 4 aromatic carbocycles. The van der Waals surface area contributed by atoms with E-state index in [9.17, 15) is 0 Å². The molecular weight excluding hydrogens is 804 g/mol. The minimum atomic E-state index is 0.0665. The zero-order valence-electron chi connectivity index (χ0n) is 17.2. The Labute approximate surface area is 245 Å². The zero-order valence-corrected chi connectivity index (χ0v) is 26.7. The van der Waals surface area contributed by atoms with Gasteiger partial charge in [-0.25, -0.2) is 0 Å². The molecule has 0 saturated heterocycles. The number of rotatable bonds is 6. The van der Waals surface area contributed by atoms with Crippen LogP contribution in [0.4, 0.5) is 0 Å². The van der Waals surface area contributed by atoms with Gasteiger partial charge in [0.05, 0.1) is 11.2 Å². The van der Waals surface area contributed by atoms with Gasteiger partial charge in [-0.2, -0.15) is 0 Å². The van der Waals surface area contributed by atoms with E-state index >= 15 is 0 Å². The molecule has 0 atom stereocenters. The molecule has 0 aromatic heterocycles. The molecule has 6 heteroatoms. The predicted octanol–water partition coefficient (Wildman–Crippen LogP) is 12.1. The van der Waals surface area contributed by atoms with Crippen LogP contribution in [-0.4, -0.2) is 0 Å². The molecule has 0 fully saturated rings. The third-order valence-corrected chi connectivity index (χ3v) is 8.41. The summed E-state index contributed by atoms with van der Waals surface area (Å²) in [7, 11) is 0. The van der Waals surface area contributed by atoms with Gasteiger partial charge in [-0.05, 0) is 68.3 Å². The fraction of sp³-hybridized carbons (Fsp3) is 0.111. The highest BCUT2D eigenvalue weighted by Crippen LogP contribution is 2.44. The molecule has 4 rings (SSSR count). The van der Waals surface area contributed by atoms with Crippen molar-refractivity contribution in [3.05, 3.63) is 108 Å². The van der Waals surface area contributed by atoms with Crippen LogP contribution in [0.25, 0.3) is 33.4 Å². The second-order valence-electron chi connectivity index (χ2n) is 7.46. The first-order valence-corrected chi connectivity index (χ1v) is 15.6. The molecule has 0 radical (unpaired) electrons. The Balaban J connectivity index is 2.03. The van der Waals surface area contributed by atoms with E-state index in [4.69, 9.17) is 0 Å². The smallest absolute Gasteiger partial charge is 0.0712 e. The summed E-state index contributed by atoms with van der Waals surface area (Å²) in [6.07, 6.45) is 0. The Morgan fingerprint density at radius 2 is 0.606 bits per heavy atom. The normalized spacial score (nSPS) is 11.5. The highest BCUT2D eigenvalue weighted by molar-refractivity contribution is 9.24. The van der Waals surface area contributed by atoms with E-state index < -0.39 is 0 Å². The third kappa shape index (κ3) is 5.95. The van der Waals surface area contributed by atoms with Crippen molar-refractivity contribution in [1.29, 1.82) is 0 Å². The lowest BCUT2D eigenvalue weighted by atomic mass is 9.89. The SMILES string of the molecule is BrC(Br)c1ccccc1-c1cc(-c2ccccc2C(Br)Br)cc(-c2ccccc2C(Br)Br)c1. The molecule has 0 saturated carbocycles. The Bertz CT molecular complexity index is 1090. The third-order valence-electron chi connectivity index (χ3n) is 5.45. The maximum absolute atomic E-state index is 3.71. The highest BCUT2D eigenvalue weighted by atomic mass is 79.9. The average Bonchev–Trinajstić information content (AvgIpc) is 2.83. The Hall–Kier alpha value is -0.240. The van der Waals surface area contributed by atoms with Gasteiger partial charge in [0.1, 0.15) is 0 Å². The van der Waals surface area contributed by atoms with Crippen molar-refractivity contribution < 1.29 is 0 Å². The molecule has 0 bridgehead atoms. The van der Waals surface area contributed by atoms with E-state index in [-0.39, 0.29) is 11.2 Å². The zero-order chi connectivity index (χ0) is 23.5. The van der Waals surface area contributed by atoms with Crippen molar-refractivity contribution in [3.63, 3.8) is 0 Å². The number of hydrogen-bond donors (Lipinski definition) is 0. The summed E-state index contributed by atoms with van der Waals surface area (Å²) in [4.78, 5) is 0. The fourth-order valence-electron chi connectivity index (χ4n) is 3.94. The van der Waals surface area contributed by atoms with E-state index in [2.05, 4.69) is 187 Å². The molecule has 33 heavy (non-hydrogen) atoms. The van der Waals surface area contributed by atoms with Crippen LogP contribution in [0, 0.1) is 0 Å². The van der Waals surface area contributed by atoms with E-state index in [0.29, 0.717) is 0 Å². The van der Waals surface area contributed by atoms with Crippen LogP contribution < -0.4 is 0 Å². The van der Waals surface area contributed by atoms with E-state index in [1.165, 1.54) is 50.1 Å². The van der Waals surface area contributed by atoms with Gasteiger partial charge in [-0.3, -0.25) is 0 Å². The summed E-state index contributed by atoms with van der Waals surface area (Å²) in [5.41, 5.74) is 10.7. The molecule has 0 nitrogen and oxygen atoms in total. The molecule has 0 unspecified atom stereocenters. The largest absolute Gasteiger partial charge is 0.0952 e. The van der Waals surface area contributed by atoms with Crippen LogP contribution in [0.3, 0.4) is 0 Å². The lowest BCUT2D eigenvalue weighted by Crippen LogP contribution is -1.94. The molecular formula is C27H18Br6.